The van der Waals surface area contributed by atoms with E-state index in [-0.39, 0.29) is 25.2 Å². The maximum atomic E-state index is 12.0. The fourth-order valence-corrected chi connectivity index (χ4v) is 6.80. The third kappa shape index (κ3) is 8.11. The normalized spacial score (nSPS) is 13.6. The molecule has 0 fully saturated rings. The summed E-state index contributed by atoms with van der Waals surface area (Å²) in [5, 5.41) is 28.2. The second kappa shape index (κ2) is 11.7. The Labute approximate surface area is 152 Å². The van der Waals surface area contributed by atoms with Crippen LogP contribution in [0.4, 0.5) is 0 Å². The predicted octanol–water partition coefficient (Wildman–Crippen LogP) is -1.05. The average molecular weight is 420 g/mol. The van der Waals surface area contributed by atoms with Crippen molar-refractivity contribution in [1.82, 2.24) is 4.31 Å². The Morgan fingerprint density at radius 2 is 1.24 bits per heavy atom. The molecular weight excluding hydrogens is 386 g/mol. The van der Waals surface area contributed by atoms with Gasteiger partial charge in [0, 0.05) is 59.2 Å². The largest absolute Gasteiger partial charge is 0.500 e. The van der Waals surface area contributed by atoms with Crippen molar-refractivity contribution in [3.63, 3.8) is 0 Å². The zero-order valence-corrected chi connectivity index (χ0v) is 18.4. The fourth-order valence-electron chi connectivity index (χ4n) is 2.49. The standard InChI is InChI=1S/C13H33NO8SSi2/c1-20-25(21-2,22-3)10-6-8-14(23(4,18)19)7-5-9-24(11-15,12-16)13-17/h15-17H,5-13H2,1-4H3. The van der Waals surface area contributed by atoms with E-state index in [1.54, 1.807) is 0 Å². The maximum Gasteiger partial charge on any atom is 0.500 e. The lowest BCUT2D eigenvalue weighted by Crippen LogP contribution is -2.49. The molecule has 0 aromatic heterocycles. The summed E-state index contributed by atoms with van der Waals surface area (Å²) >= 11 is 0. The SMILES string of the molecule is CO[Si](CCCN(CCC[Si](CO)(CO)CO)S(C)(=O)=O)(OC)OC. The van der Waals surface area contributed by atoms with E-state index in [1.807, 2.05) is 0 Å². The monoisotopic (exact) mass is 419 g/mol. The van der Waals surface area contributed by atoms with Gasteiger partial charge in [0.05, 0.1) is 6.26 Å². The first-order valence-corrected chi connectivity index (χ1v) is 14.7. The summed E-state index contributed by atoms with van der Waals surface area (Å²) in [6.45, 7) is 0.574. The van der Waals surface area contributed by atoms with Crippen LogP contribution in [-0.2, 0) is 23.3 Å². The number of nitrogens with zero attached hydrogens (tertiary/aromatic N) is 1. The van der Waals surface area contributed by atoms with E-state index in [4.69, 9.17) is 13.3 Å². The Hall–Kier alpha value is 0.104. The molecule has 0 aliphatic carbocycles. The Morgan fingerprint density at radius 1 is 0.840 bits per heavy atom. The van der Waals surface area contributed by atoms with Crippen LogP contribution >= 0.6 is 0 Å². The van der Waals surface area contributed by atoms with Crippen molar-refractivity contribution in [3.05, 3.63) is 0 Å². The van der Waals surface area contributed by atoms with Crippen LogP contribution in [-0.4, -0.2) is 104 Å². The average Bonchev–Trinajstić information content (AvgIpc) is 2.61. The zero-order valence-electron chi connectivity index (χ0n) is 15.6. The zero-order chi connectivity index (χ0) is 19.6. The molecule has 0 unspecified atom stereocenters. The number of hydrogen-bond acceptors (Lipinski definition) is 8. The van der Waals surface area contributed by atoms with Crippen LogP contribution in [0.5, 0.6) is 0 Å². The van der Waals surface area contributed by atoms with Gasteiger partial charge in [0.1, 0.15) is 8.07 Å². The molecule has 0 radical (unpaired) electrons. The van der Waals surface area contributed by atoms with E-state index in [1.165, 1.54) is 25.6 Å². The molecule has 0 spiro atoms. The van der Waals surface area contributed by atoms with Crippen molar-refractivity contribution < 1.29 is 37.0 Å². The first-order valence-electron chi connectivity index (χ1n) is 8.11. The van der Waals surface area contributed by atoms with E-state index in [0.717, 1.165) is 6.26 Å². The van der Waals surface area contributed by atoms with Crippen molar-refractivity contribution in [2.75, 3.05) is 59.4 Å². The van der Waals surface area contributed by atoms with Gasteiger partial charge < -0.3 is 28.6 Å². The molecule has 0 saturated carbocycles. The molecule has 0 aliphatic rings. The molecule has 0 saturated heterocycles. The highest BCUT2D eigenvalue weighted by Gasteiger charge is 2.37. The molecule has 152 valence electrons. The molecule has 0 aromatic rings. The van der Waals surface area contributed by atoms with Gasteiger partial charge in [0.2, 0.25) is 10.0 Å². The minimum atomic E-state index is -3.39. The third-order valence-corrected chi connectivity index (χ3v) is 12.0. The molecule has 12 heteroatoms. The van der Waals surface area contributed by atoms with Crippen molar-refractivity contribution in [2.45, 2.75) is 24.9 Å². The van der Waals surface area contributed by atoms with E-state index < -0.39 is 26.9 Å². The highest BCUT2D eigenvalue weighted by Crippen LogP contribution is 2.17. The first-order chi connectivity index (χ1) is 11.7. The van der Waals surface area contributed by atoms with Crippen LogP contribution < -0.4 is 0 Å². The van der Waals surface area contributed by atoms with Gasteiger partial charge in [-0.1, -0.05) is 6.04 Å². The van der Waals surface area contributed by atoms with Gasteiger partial charge in [0.15, 0.2) is 0 Å². The van der Waals surface area contributed by atoms with Crippen molar-refractivity contribution in [3.8, 4) is 0 Å². The van der Waals surface area contributed by atoms with Crippen molar-refractivity contribution >= 4 is 26.9 Å². The Morgan fingerprint density at radius 3 is 1.56 bits per heavy atom. The third-order valence-electron chi connectivity index (χ3n) is 4.41. The second-order valence-electron chi connectivity index (χ2n) is 6.14. The van der Waals surface area contributed by atoms with Gasteiger partial charge in [-0.05, 0) is 12.8 Å². The molecule has 0 aliphatic heterocycles. The van der Waals surface area contributed by atoms with E-state index in [0.29, 0.717) is 31.5 Å². The Balaban J connectivity index is 4.69. The van der Waals surface area contributed by atoms with Gasteiger partial charge in [-0.2, -0.15) is 0 Å². The lowest BCUT2D eigenvalue weighted by atomic mass is 10.4. The number of hydrogen-bond donors (Lipinski definition) is 3. The van der Waals surface area contributed by atoms with Gasteiger partial charge in [-0.15, -0.1) is 0 Å². The van der Waals surface area contributed by atoms with Gasteiger partial charge in [0.25, 0.3) is 0 Å². The predicted molar refractivity (Wildman–Crippen MR) is 99.1 cm³/mol. The molecule has 0 atom stereocenters. The molecular formula is C13H33NO8SSi2. The van der Waals surface area contributed by atoms with Crippen molar-refractivity contribution in [2.24, 2.45) is 0 Å². The molecule has 0 heterocycles. The molecule has 0 aromatic carbocycles. The summed E-state index contributed by atoms with van der Waals surface area (Å²) in [7, 11) is -4.12. The van der Waals surface area contributed by atoms with E-state index in [2.05, 4.69) is 0 Å². The van der Waals surface area contributed by atoms with Crippen LogP contribution in [0, 0.1) is 0 Å². The summed E-state index contributed by atoms with van der Waals surface area (Å²) in [6, 6.07) is 0.945. The molecule has 25 heavy (non-hydrogen) atoms. The highest BCUT2D eigenvalue weighted by molar-refractivity contribution is 7.88. The topological polar surface area (TPSA) is 126 Å². The van der Waals surface area contributed by atoms with E-state index >= 15 is 0 Å². The van der Waals surface area contributed by atoms with Crippen LogP contribution in [0.25, 0.3) is 0 Å². The molecule has 0 bridgehead atoms. The Kier molecular flexibility index (Phi) is 11.8. The first kappa shape index (κ1) is 25.1. The molecule has 0 rings (SSSR count). The van der Waals surface area contributed by atoms with Crippen LogP contribution in [0.15, 0.2) is 0 Å². The highest BCUT2D eigenvalue weighted by atomic mass is 32.2. The number of rotatable bonds is 15. The summed E-state index contributed by atoms with van der Waals surface area (Å²) in [5.41, 5.74) is 0. The van der Waals surface area contributed by atoms with Crippen LogP contribution in [0.3, 0.4) is 0 Å². The quantitative estimate of drug-likeness (QED) is 0.287. The van der Waals surface area contributed by atoms with Crippen LogP contribution in [0.2, 0.25) is 12.1 Å². The molecule has 9 nitrogen and oxygen atoms in total. The van der Waals surface area contributed by atoms with Gasteiger partial charge >= 0.3 is 8.80 Å². The number of aliphatic hydroxyl groups is 3. The summed E-state index contributed by atoms with van der Waals surface area (Å²) in [5.74, 6) is 0. The number of aliphatic hydroxyl groups excluding tert-OH is 3. The minimum Gasteiger partial charge on any atom is -0.399 e. The van der Waals surface area contributed by atoms with Gasteiger partial charge in [-0.25, -0.2) is 12.7 Å². The summed E-state index contributed by atoms with van der Waals surface area (Å²) < 4.78 is 41.3. The summed E-state index contributed by atoms with van der Waals surface area (Å²) in [4.78, 5) is 0. The molecule has 3 N–H and O–H groups in total. The summed E-state index contributed by atoms with van der Waals surface area (Å²) in [6.07, 6.45) is 1.49. The van der Waals surface area contributed by atoms with E-state index in [9.17, 15) is 23.7 Å². The van der Waals surface area contributed by atoms with Crippen molar-refractivity contribution in [1.29, 1.82) is 0 Å². The maximum absolute atomic E-state index is 12.0. The molecule has 0 amide bonds. The lowest BCUT2D eigenvalue weighted by molar-refractivity contribution is 0.122. The fraction of sp³-hybridized carbons (Fsp3) is 1.00. The van der Waals surface area contributed by atoms with Gasteiger partial charge in [-0.3, -0.25) is 0 Å². The smallest absolute Gasteiger partial charge is 0.399 e. The number of sulfonamides is 1. The lowest BCUT2D eigenvalue weighted by Gasteiger charge is -2.27. The minimum absolute atomic E-state index is 0.220. The van der Waals surface area contributed by atoms with Crippen LogP contribution in [0.1, 0.15) is 12.8 Å². The second-order valence-corrected chi connectivity index (χ2v) is 15.7. The Bertz CT molecular complexity index is 414.